The number of anilines is 1. The van der Waals surface area contributed by atoms with Crippen LogP contribution in [0.4, 0.5) is 5.69 Å². The molecule has 3 heteroatoms. The second-order valence-electron chi connectivity index (χ2n) is 3.62. The molecule has 1 aromatic rings. The number of hydrogen-bond donors (Lipinski definition) is 2. The van der Waals surface area contributed by atoms with Crippen LogP contribution in [0.2, 0.25) is 0 Å². The van der Waals surface area contributed by atoms with Gasteiger partial charge in [0.1, 0.15) is 0 Å². The summed E-state index contributed by atoms with van der Waals surface area (Å²) < 4.78 is 0. The Morgan fingerprint density at radius 3 is 2.57 bits per heavy atom. The van der Waals surface area contributed by atoms with Crippen molar-refractivity contribution in [3.8, 4) is 0 Å². The van der Waals surface area contributed by atoms with E-state index in [1.807, 2.05) is 43.3 Å². The van der Waals surface area contributed by atoms with Gasteiger partial charge in [0, 0.05) is 32.7 Å². The van der Waals surface area contributed by atoms with E-state index >= 15 is 0 Å². The van der Waals surface area contributed by atoms with Crippen LogP contribution in [0.15, 0.2) is 24.3 Å². The van der Waals surface area contributed by atoms with Gasteiger partial charge in [0.05, 0.1) is 6.10 Å². The van der Waals surface area contributed by atoms with Gasteiger partial charge in [-0.2, -0.15) is 0 Å². The maximum atomic E-state index is 9.47. The van der Waals surface area contributed by atoms with Gasteiger partial charge in [0.15, 0.2) is 0 Å². The van der Waals surface area contributed by atoms with Crippen molar-refractivity contribution in [1.29, 1.82) is 0 Å². The highest BCUT2D eigenvalue weighted by Gasteiger charge is 2.07. The van der Waals surface area contributed by atoms with E-state index in [0.717, 1.165) is 11.3 Å². The van der Waals surface area contributed by atoms with Gasteiger partial charge < -0.3 is 15.7 Å². The molecule has 0 bridgehead atoms. The van der Waals surface area contributed by atoms with Crippen LogP contribution in [-0.2, 0) is 6.42 Å². The predicted octanol–water partition coefficient (Wildman–Crippen LogP) is 0.615. The van der Waals surface area contributed by atoms with Gasteiger partial charge in [-0.1, -0.05) is 18.2 Å². The summed E-state index contributed by atoms with van der Waals surface area (Å²) in [6.45, 7) is 0.307. The van der Waals surface area contributed by atoms with Gasteiger partial charge in [-0.05, 0) is 11.6 Å². The lowest BCUT2D eigenvalue weighted by Gasteiger charge is -2.18. The van der Waals surface area contributed by atoms with Crippen LogP contribution in [0.25, 0.3) is 0 Å². The van der Waals surface area contributed by atoms with Gasteiger partial charge >= 0.3 is 0 Å². The van der Waals surface area contributed by atoms with E-state index in [-0.39, 0.29) is 0 Å². The quantitative estimate of drug-likeness (QED) is 0.738. The van der Waals surface area contributed by atoms with Crippen molar-refractivity contribution >= 4 is 5.69 Å². The van der Waals surface area contributed by atoms with E-state index in [9.17, 15) is 5.11 Å². The molecule has 3 N–H and O–H groups in total. The number of aliphatic hydroxyl groups excluding tert-OH is 1. The van der Waals surface area contributed by atoms with Crippen LogP contribution in [0, 0.1) is 0 Å². The Balaban J connectivity index is 2.84. The minimum atomic E-state index is -0.448. The summed E-state index contributed by atoms with van der Waals surface area (Å²) in [5.74, 6) is 0. The first-order chi connectivity index (χ1) is 6.65. The Labute approximate surface area is 85.2 Å². The van der Waals surface area contributed by atoms with E-state index in [4.69, 9.17) is 5.73 Å². The summed E-state index contributed by atoms with van der Waals surface area (Å²) >= 11 is 0. The molecule has 0 heterocycles. The van der Waals surface area contributed by atoms with Crippen molar-refractivity contribution < 1.29 is 5.11 Å². The fourth-order valence-corrected chi connectivity index (χ4v) is 1.46. The smallest absolute Gasteiger partial charge is 0.0703 e. The summed E-state index contributed by atoms with van der Waals surface area (Å²) in [5.41, 5.74) is 7.66. The average molecular weight is 194 g/mol. The summed E-state index contributed by atoms with van der Waals surface area (Å²) in [7, 11) is 3.99. The zero-order chi connectivity index (χ0) is 10.6. The molecule has 0 aromatic heterocycles. The fourth-order valence-electron chi connectivity index (χ4n) is 1.46. The van der Waals surface area contributed by atoms with Crippen LogP contribution in [-0.4, -0.2) is 31.9 Å². The van der Waals surface area contributed by atoms with Crippen molar-refractivity contribution in [2.24, 2.45) is 5.73 Å². The molecule has 0 amide bonds. The second-order valence-corrected chi connectivity index (χ2v) is 3.62. The second kappa shape index (κ2) is 4.98. The standard InChI is InChI=1S/C11H18N2O/c1-13(2)11-6-4-3-5-9(11)7-10(14)8-12/h3-6,10,14H,7-8,12H2,1-2H3. The minimum absolute atomic E-state index is 0.307. The van der Waals surface area contributed by atoms with E-state index in [1.54, 1.807) is 0 Å². The molecular weight excluding hydrogens is 176 g/mol. The first-order valence-electron chi connectivity index (χ1n) is 4.78. The van der Waals surface area contributed by atoms with Crippen molar-refractivity contribution in [2.75, 3.05) is 25.5 Å². The van der Waals surface area contributed by atoms with E-state index < -0.39 is 6.10 Å². The monoisotopic (exact) mass is 194 g/mol. The predicted molar refractivity (Wildman–Crippen MR) is 59.5 cm³/mol. The molecule has 1 atom stereocenters. The Morgan fingerprint density at radius 2 is 2.00 bits per heavy atom. The molecule has 1 rings (SSSR count). The fraction of sp³-hybridized carbons (Fsp3) is 0.455. The maximum absolute atomic E-state index is 9.47. The third kappa shape index (κ3) is 2.72. The van der Waals surface area contributed by atoms with E-state index in [0.29, 0.717) is 13.0 Å². The molecule has 0 radical (unpaired) electrons. The highest BCUT2D eigenvalue weighted by molar-refractivity contribution is 5.52. The molecule has 0 aliphatic carbocycles. The molecule has 1 unspecified atom stereocenters. The van der Waals surface area contributed by atoms with Gasteiger partial charge in [0.25, 0.3) is 0 Å². The lowest BCUT2D eigenvalue weighted by atomic mass is 10.1. The molecule has 3 nitrogen and oxygen atoms in total. The number of para-hydroxylation sites is 1. The molecule has 0 aliphatic rings. The highest BCUT2D eigenvalue weighted by Crippen LogP contribution is 2.19. The molecule has 14 heavy (non-hydrogen) atoms. The maximum Gasteiger partial charge on any atom is 0.0703 e. The number of hydrogen-bond acceptors (Lipinski definition) is 3. The van der Waals surface area contributed by atoms with Crippen molar-refractivity contribution in [3.63, 3.8) is 0 Å². The summed E-state index contributed by atoms with van der Waals surface area (Å²) in [6, 6.07) is 8.03. The zero-order valence-electron chi connectivity index (χ0n) is 8.77. The number of rotatable bonds is 4. The van der Waals surface area contributed by atoms with Crippen LogP contribution in [0.1, 0.15) is 5.56 Å². The first-order valence-corrected chi connectivity index (χ1v) is 4.78. The third-order valence-electron chi connectivity index (χ3n) is 2.20. The molecule has 0 saturated heterocycles. The van der Waals surface area contributed by atoms with Gasteiger partial charge in [-0.15, -0.1) is 0 Å². The summed E-state index contributed by atoms with van der Waals surface area (Å²) in [5, 5.41) is 9.47. The van der Waals surface area contributed by atoms with Crippen molar-refractivity contribution in [3.05, 3.63) is 29.8 Å². The summed E-state index contributed by atoms with van der Waals surface area (Å²) in [6.07, 6.45) is 0.168. The van der Waals surface area contributed by atoms with E-state index in [1.165, 1.54) is 0 Å². The number of aliphatic hydroxyl groups is 1. The van der Waals surface area contributed by atoms with Crippen LogP contribution in [0.3, 0.4) is 0 Å². The van der Waals surface area contributed by atoms with Gasteiger partial charge in [-0.25, -0.2) is 0 Å². The Hall–Kier alpha value is -1.06. The van der Waals surface area contributed by atoms with Crippen LogP contribution >= 0.6 is 0 Å². The lowest BCUT2D eigenvalue weighted by Crippen LogP contribution is -2.23. The van der Waals surface area contributed by atoms with Crippen molar-refractivity contribution in [2.45, 2.75) is 12.5 Å². The van der Waals surface area contributed by atoms with Crippen LogP contribution in [0.5, 0.6) is 0 Å². The number of nitrogens with two attached hydrogens (primary N) is 1. The van der Waals surface area contributed by atoms with Crippen molar-refractivity contribution in [1.82, 2.24) is 0 Å². The van der Waals surface area contributed by atoms with E-state index in [2.05, 4.69) is 0 Å². The van der Waals surface area contributed by atoms with Gasteiger partial charge in [-0.3, -0.25) is 0 Å². The Kier molecular flexibility index (Phi) is 3.92. The first kappa shape index (κ1) is 11.0. The molecule has 0 saturated carbocycles. The van der Waals surface area contributed by atoms with Gasteiger partial charge in [0.2, 0.25) is 0 Å². The highest BCUT2D eigenvalue weighted by atomic mass is 16.3. The zero-order valence-corrected chi connectivity index (χ0v) is 8.77. The molecule has 78 valence electrons. The Bertz CT molecular complexity index is 286. The molecular formula is C11H18N2O. The minimum Gasteiger partial charge on any atom is -0.391 e. The average Bonchev–Trinajstić information content (AvgIpc) is 2.18. The lowest BCUT2D eigenvalue weighted by molar-refractivity contribution is 0.183. The number of nitrogens with zero attached hydrogens (tertiary/aromatic N) is 1. The van der Waals surface area contributed by atoms with Crippen LogP contribution < -0.4 is 10.6 Å². The summed E-state index contributed by atoms with van der Waals surface area (Å²) in [4.78, 5) is 2.04. The molecule has 0 fully saturated rings. The number of benzene rings is 1. The largest absolute Gasteiger partial charge is 0.391 e. The normalized spacial score (nSPS) is 12.6. The SMILES string of the molecule is CN(C)c1ccccc1CC(O)CN. The molecule has 0 aliphatic heterocycles. The topological polar surface area (TPSA) is 49.5 Å². The third-order valence-corrected chi connectivity index (χ3v) is 2.20. The Morgan fingerprint density at radius 1 is 1.36 bits per heavy atom. The molecule has 1 aromatic carbocycles. The molecule has 0 spiro atoms.